The number of halogens is 1. The summed E-state index contributed by atoms with van der Waals surface area (Å²) < 4.78 is 14.2. The Hall–Kier alpha value is -3.42. The SMILES string of the molecule is CN(C)c1nc(N[C@H]2CC[C@@H](CN(C(N)=O)c3ccccc3F)CC2)nc2ccccc12. The number of hydrogen-bond donors (Lipinski definition) is 2. The van der Waals surface area contributed by atoms with Gasteiger partial charge in [0.2, 0.25) is 5.95 Å². The Morgan fingerprint density at radius 2 is 1.75 bits per heavy atom. The van der Waals surface area contributed by atoms with E-state index in [0.29, 0.717) is 12.5 Å². The van der Waals surface area contributed by atoms with Gasteiger partial charge in [0.1, 0.15) is 11.6 Å². The zero-order chi connectivity index (χ0) is 22.7. The molecule has 1 aliphatic rings. The van der Waals surface area contributed by atoms with Crippen LogP contribution in [0.25, 0.3) is 10.9 Å². The van der Waals surface area contributed by atoms with Gasteiger partial charge in [-0.2, -0.15) is 4.98 Å². The first-order valence-electron chi connectivity index (χ1n) is 10.9. The molecule has 2 aromatic carbocycles. The Labute approximate surface area is 187 Å². The molecule has 1 aliphatic carbocycles. The molecule has 1 saturated carbocycles. The summed E-state index contributed by atoms with van der Waals surface area (Å²) in [6.45, 7) is 0.417. The number of para-hydroxylation sites is 2. The van der Waals surface area contributed by atoms with Crippen LogP contribution in [0.5, 0.6) is 0 Å². The van der Waals surface area contributed by atoms with E-state index in [1.54, 1.807) is 18.2 Å². The third kappa shape index (κ3) is 4.74. The molecule has 1 fully saturated rings. The summed E-state index contributed by atoms with van der Waals surface area (Å²) in [4.78, 5) is 24.7. The Morgan fingerprint density at radius 1 is 1.06 bits per heavy atom. The van der Waals surface area contributed by atoms with Crippen LogP contribution in [0, 0.1) is 11.7 Å². The second kappa shape index (κ2) is 9.38. The first-order valence-corrected chi connectivity index (χ1v) is 10.9. The van der Waals surface area contributed by atoms with Crippen LogP contribution in [0.2, 0.25) is 0 Å². The van der Waals surface area contributed by atoms with E-state index in [4.69, 9.17) is 15.7 Å². The number of hydrogen-bond acceptors (Lipinski definition) is 5. The van der Waals surface area contributed by atoms with Gasteiger partial charge in [0.25, 0.3) is 0 Å². The molecule has 0 bridgehead atoms. The number of anilines is 3. The van der Waals surface area contributed by atoms with Gasteiger partial charge in [0, 0.05) is 32.1 Å². The molecule has 0 saturated heterocycles. The minimum absolute atomic E-state index is 0.237. The number of nitrogens with two attached hydrogens (primary N) is 1. The molecule has 0 spiro atoms. The number of amides is 2. The molecule has 32 heavy (non-hydrogen) atoms. The van der Waals surface area contributed by atoms with Crippen LogP contribution in [0.4, 0.5) is 26.6 Å². The molecule has 7 nitrogen and oxygen atoms in total. The minimum atomic E-state index is -0.629. The molecule has 1 aromatic heterocycles. The van der Waals surface area contributed by atoms with Gasteiger partial charge in [0.15, 0.2) is 0 Å². The number of primary amides is 1. The fraction of sp³-hybridized carbons (Fsp3) is 0.375. The highest BCUT2D eigenvalue weighted by atomic mass is 19.1. The third-order valence-electron chi connectivity index (χ3n) is 6.04. The number of rotatable bonds is 6. The predicted molar refractivity (Wildman–Crippen MR) is 127 cm³/mol. The van der Waals surface area contributed by atoms with Crippen LogP contribution in [0.3, 0.4) is 0 Å². The summed E-state index contributed by atoms with van der Waals surface area (Å²) in [5, 5.41) is 4.51. The quantitative estimate of drug-likeness (QED) is 0.598. The normalized spacial score (nSPS) is 18.3. The fourth-order valence-corrected chi connectivity index (χ4v) is 4.37. The van der Waals surface area contributed by atoms with Gasteiger partial charge in [-0.05, 0) is 55.9 Å². The number of nitrogens with zero attached hydrogens (tertiary/aromatic N) is 4. The van der Waals surface area contributed by atoms with Gasteiger partial charge >= 0.3 is 6.03 Å². The summed E-state index contributed by atoms with van der Waals surface area (Å²) in [5.41, 5.74) is 6.70. The predicted octanol–water partition coefficient (Wildman–Crippen LogP) is 4.39. The molecule has 0 radical (unpaired) electrons. The standard InChI is InChI=1S/C24H29FN6O/c1-30(2)22-18-7-3-5-9-20(18)28-24(29-22)27-17-13-11-16(12-14-17)15-31(23(26)32)21-10-6-4-8-19(21)25/h3-10,16-17H,11-15H2,1-2H3,(H2,26,32)(H,27,28,29)/t16-,17+. The highest BCUT2D eigenvalue weighted by Crippen LogP contribution is 2.30. The van der Waals surface area contributed by atoms with E-state index < -0.39 is 11.8 Å². The van der Waals surface area contributed by atoms with E-state index in [1.165, 1.54) is 11.0 Å². The molecular weight excluding hydrogens is 407 g/mol. The molecule has 1 heterocycles. The second-order valence-electron chi connectivity index (χ2n) is 8.54. The lowest BCUT2D eigenvalue weighted by Gasteiger charge is -2.32. The van der Waals surface area contributed by atoms with Crippen molar-refractivity contribution in [3.8, 4) is 0 Å². The minimum Gasteiger partial charge on any atom is -0.362 e. The maximum Gasteiger partial charge on any atom is 0.319 e. The molecule has 3 N–H and O–H groups in total. The van der Waals surface area contributed by atoms with E-state index in [1.807, 2.05) is 43.3 Å². The first kappa shape index (κ1) is 21.8. The lowest BCUT2D eigenvalue weighted by atomic mass is 9.85. The van der Waals surface area contributed by atoms with Gasteiger partial charge < -0.3 is 16.0 Å². The monoisotopic (exact) mass is 436 g/mol. The van der Waals surface area contributed by atoms with Crippen molar-refractivity contribution in [2.24, 2.45) is 11.7 Å². The number of fused-ring (bicyclic) bond motifs is 1. The van der Waals surface area contributed by atoms with Gasteiger partial charge in [-0.15, -0.1) is 0 Å². The highest BCUT2D eigenvalue weighted by molar-refractivity contribution is 5.91. The van der Waals surface area contributed by atoms with Crippen molar-refractivity contribution in [3.63, 3.8) is 0 Å². The van der Waals surface area contributed by atoms with Crippen molar-refractivity contribution in [3.05, 3.63) is 54.3 Å². The van der Waals surface area contributed by atoms with Crippen LogP contribution in [-0.2, 0) is 0 Å². The third-order valence-corrected chi connectivity index (χ3v) is 6.04. The average molecular weight is 437 g/mol. The molecule has 0 atom stereocenters. The number of benzene rings is 2. The van der Waals surface area contributed by atoms with Crippen LogP contribution >= 0.6 is 0 Å². The molecule has 0 aliphatic heterocycles. The van der Waals surface area contributed by atoms with Crippen molar-refractivity contribution >= 4 is 34.4 Å². The van der Waals surface area contributed by atoms with E-state index in [0.717, 1.165) is 42.4 Å². The van der Waals surface area contributed by atoms with Crippen molar-refractivity contribution < 1.29 is 9.18 Å². The number of carbonyl (C=O) groups is 1. The Morgan fingerprint density at radius 3 is 2.44 bits per heavy atom. The second-order valence-corrected chi connectivity index (χ2v) is 8.54. The van der Waals surface area contributed by atoms with E-state index >= 15 is 0 Å². The van der Waals surface area contributed by atoms with Gasteiger partial charge in [-0.1, -0.05) is 24.3 Å². The van der Waals surface area contributed by atoms with Crippen molar-refractivity contribution in [1.82, 2.24) is 9.97 Å². The Kier molecular flexibility index (Phi) is 6.39. The van der Waals surface area contributed by atoms with E-state index in [9.17, 15) is 9.18 Å². The average Bonchev–Trinajstić information content (AvgIpc) is 2.78. The van der Waals surface area contributed by atoms with E-state index in [-0.39, 0.29) is 17.6 Å². The van der Waals surface area contributed by atoms with Gasteiger partial charge in [0.05, 0.1) is 11.2 Å². The number of carbonyl (C=O) groups excluding carboxylic acids is 1. The van der Waals surface area contributed by atoms with Crippen LogP contribution in [0.15, 0.2) is 48.5 Å². The fourth-order valence-electron chi connectivity index (χ4n) is 4.37. The molecular formula is C24H29FN6O. The molecule has 2 amide bonds. The molecule has 0 unspecified atom stereocenters. The van der Waals surface area contributed by atoms with Gasteiger partial charge in [-0.25, -0.2) is 14.2 Å². The number of urea groups is 1. The molecule has 168 valence electrons. The maximum absolute atomic E-state index is 14.2. The largest absolute Gasteiger partial charge is 0.362 e. The summed E-state index contributed by atoms with van der Waals surface area (Å²) in [7, 11) is 3.95. The zero-order valence-corrected chi connectivity index (χ0v) is 18.5. The summed E-state index contributed by atoms with van der Waals surface area (Å²) >= 11 is 0. The van der Waals surface area contributed by atoms with Crippen LogP contribution < -0.4 is 20.9 Å². The summed E-state index contributed by atoms with van der Waals surface area (Å²) in [6, 6.07) is 13.9. The molecule has 4 rings (SSSR count). The summed E-state index contributed by atoms with van der Waals surface area (Å²) in [5.74, 6) is 1.33. The zero-order valence-electron chi connectivity index (χ0n) is 18.5. The number of aromatic nitrogens is 2. The first-order chi connectivity index (χ1) is 15.4. The smallest absolute Gasteiger partial charge is 0.319 e. The molecule has 8 heteroatoms. The van der Waals surface area contributed by atoms with Crippen LogP contribution in [0.1, 0.15) is 25.7 Å². The molecule has 3 aromatic rings. The van der Waals surface area contributed by atoms with Crippen LogP contribution in [-0.4, -0.2) is 42.7 Å². The van der Waals surface area contributed by atoms with Gasteiger partial charge in [-0.3, -0.25) is 4.90 Å². The lowest BCUT2D eigenvalue weighted by Crippen LogP contribution is -2.41. The highest BCUT2D eigenvalue weighted by Gasteiger charge is 2.26. The Balaban J connectivity index is 1.41. The topological polar surface area (TPSA) is 87.4 Å². The Bertz CT molecular complexity index is 1100. The summed E-state index contributed by atoms with van der Waals surface area (Å²) in [6.07, 6.45) is 3.65. The maximum atomic E-state index is 14.2. The lowest BCUT2D eigenvalue weighted by molar-refractivity contribution is 0.250. The van der Waals surface area contributed by atoms with Crippen molar-refractivity contribution in [1.29, 1.82) is 0 Å². The number of nitrogens with one attached hydrogen (secondary N) is 1. The van der Waals surface area contributed by atoms with Crippen molar-refractivity contribution in [2.45, 2.75) is 31.7 Å². The van der Waals surface area contributed by atoms with Crippen molar-refractivity contribution in [2.75, 3.05) is 35.8 Å². The van der Waals surface area contributed by atoms with E-state index in [2.05, 4.69) is 5.32 Å².